The van der Waals surface area contributed by atoms with Crippen molar-refractivity contribution in [3.63, 3.8) is 0 Å². The molecule has 3 N–H and O–H groups in total. The van der Waals surface area contributed by atoms with Crippen molar-refractivity contribution in [3.8, 4) is 5.75 Å². The first-order valence-corrected chi connectivity index (χ1v) is 12.0. The van der Waals surface area contributed by atoms with E-state index in [1.165, 1.54) is 12.8 Å². The molecule has 1 aliphatic rings. The monoisotopic (exact) mass is 447 g/mol. The first kappa shape index (κ1) is 22.4. The van der Waals surface area contributed by atoms with Crippen molar-refractivity contribution < 1.29 is 13.2 Å². The van der Waals surface area contributed by atoms with Crippen LogP contribution in [0.4, 0.5) is 11.4 Å². The normalized spacial score (nSPS) is 21.5. The second kappa shape index (κ2) is 9.66. The molecular weight excluding hydrogens is 418 g/mol. The number of hydrogen-bond donors (Lipinski definition) is 3. The summed E-state index contributed by atoms with van der Waals surface area (Å²) in [5.74, 6) is 1.91. The smallest absolute Gasteiger partial charge is 0.261 e. The Labute approximate surface area is 184 Å². The van der Waals surface area contributed by atoms with E-state index in [9.17, 15) is 8.42 Å². The van der Waals surface area contributed by atoms with Crippen LogP contribution in [-0.4, -0.2) is 26.7 Å². The zero-order chi connectivity index (χ0) is 21.7. The van der Waals surface area contributed by atoms with Crippen LogP contribution in [0.1, 0.15) is 33.1 Å². The van der Waals surface area contributed by atoms with Gasteiger partial charge in [0.25, 0.3) is 10.0 Å². The molecule has 0 aliphatic heterocycles. The lowest BCUT2D eigenvalue weighted by atomic mass is 9.78. The average Bonchev–Trinajstić information content (AvgIpc) is 2.72. The highest BCUT2D eigenvalue weighted by atomic mass is 32.2. The molecule has 2 aromatic rings. The fraction of sp³-hybridized carbons (Fsp3) is 0.409. The minimum Gasteiger partial charge on any atom is -0.497 e. The van der Waals surface area contributed by atoms with Gasteiger partial charge >= 0.3 is 0 Å². The summed E-state index contributed by atoms with van der Waals surface area (Å²) >= 11 is 5.46. The van der Waals surface area contributed by atoms with Gasteiger partial charge in [0.1, 0.15) is 5.75 Å². The number of nitrogens with one attached hydrogen (secondary N) is 3. The minimum absolute atomic E-state index is 0.178. The van der Waals surface area contributed by atoms with E-state index < -0.39 is 10.0 Å². The Kier molecular flexibility index (Phi) is 7.20. The molecule has 2 aromatic carbocycles. The molecular formula is C22H29N3O3S2. The number of thiocarbonyl (C=S) groups is 1. The van der Waals surface area contributed by atoms with E-state index in [0.29, 0.717) is 34.4 Å². The number of anilines is 2. The maximum Gasteiger partial charge on any atom is 0.261 e. The summed E-state index contributed by atoms with van der Waals surface area (Å²) in [6.45, 7) is 4.55. The van der Waals surface area contributed by atoms with Crippen molar-refractivity contribution in [2.75, 3.05) is 17.1 Å². The number of sulfonamides is 1. The number of hydrogen-bond acceptors (Lipinski definition) is 4. The highest BCUT2D eigenvalue weighted by Gasteiger charge is 2.27. The number of ether oxygens (including phenoxy) is 1. The van der Waals surface area contributed by atoms with Gasteiger partial charge in [0, 0.05) is 17.4 Å². The van der Waals surface area contributed by atoms with Gasteiger partial charge in [-0.2, -0.15) is 0 Å². The largest absolute Gasteiger partial charge is 0.497 e. The summed E-state index contributed by atoms with van der Waals surface area (Å²) in [6.07, 6.45) is 3.58. The Bertz CT molecular complexity index is 960. The Hall–Kier alpha value is -2.32. The first-order chi connectivity index (χ1) is 14.3. The lowest BCUT2D eigenvalue weighted by Gasteiger charge is -2.35. The Balaban J connectivity index is 1.60. The third kappa shape index (κ3) is 5.64. The van der Waals surface area contributed by atoms with Gasteiger partial charge < -0.3 is 15.4 Å². The summed E-state index contributed by atoms with van der Waals surface area (Å²) in [7, 11) is -2.12. The molecule has 30 heavy (non-hydrogen) atoms. The molecule has 0 unspecified atom stereocenters. The first-order valence-electron chi connectivity index (χ1n) is 10.1. The van der Waals surface area contributed by atoms with Gasteiger partial charge in [0.15, 0.2) is 5.11 Å². The topological polar surface area (TPSA) is 79.5 Å². The van der Waals surface area contributed by atoms with E-state index in [1.807, 2.05) is 0 Å². The third-order valence-electron chi connectivity index (χ3n) is 5.79. The molecule has 162 valence electrons. The quantitative estimate of drug-likeness (QED) is 0.562. The second-order valence-corrected chi connectivity index (χ2v) is 9.92. The highest BCUT2D eigenvalue weighted by Crippen LogP contribution is 2.29. The minimum atomic E-state index is -3.68. The van der Waals surface area contributed by atoms with Gasteiger partial charge in [0.2, 0.25) is 0 Å². The standard InChI is InChI=1S/C22H29N3O3S2/c1-15-5-4-6-21(16(15)2)24-22(29)23-17-9-13-20(14-10-17)30(26,27)25-18-7-11-19(28-3)12-8-18/h7-16,21,25H,4-6H2,1-3H3,(H2,23,24,29)/t15-,16+,21+/m0/s1. The maximum atomic E-state index is 12.6. The van der Waals surface area contributed by atoms with E-state index in [2.05, 4.69) is 29.2 Å². The number of methoxy groups -OCH3 is 1. The van der Waals surface area contributed by atoms with Gasteiger partial charge in [-0.15, -0.1) is 0 Å². The highest BCUT2D eigenvalue weighted by molar-refractivity contribution is 7.92. The number of rotatable bonds is 6. The van der Waals surface area contributed by atoms with Crippen LogP contribution in [0, 0.1) is 11.8 Å². The van der Waals surface area contributed by atoms with Crippen LogP contribution in [-0.2, 0) is 10.0 Å². The van der Waals surface area contributed by atoms with Crippen LogP contribution in [0.15, 0.2) is 53.4 Å². The Morgan fingerprint density at radius 3 is 2.27 bits per heavy atom. The molecule has 3 rings (SSSR count). The van der Waals surface area contributed by atoms with Crippen molar-refractivity contribution >= 4 is 38.7 Å². The van der Waals surface area contributed by atoms with E-state index in [1.54, 1.807) is 55.6 Å². The summed E-state index contributed by atoms with van der Waals surface area (Å²) in [6, 6.07) is 13.6. The Morgan fingerprint density at radius 2 is 1.63 bits per heavy atom. The van der Waals surface area contributed by atoms with E-state index >= 15 is 0 Å². The molecule has 3 atom stereocenters. The van der Waals surface area contributed by atoms with Crippen LogP contribution >= 0.6 is 12.2 Å². The molecule has 0 radical (unpaired) electrons. The summed E-state index contributed by atoms with van der Waals surface area (Å²) in [4.78, 5) is 0.178. The van der Waals surface area contributed by atoms with Crippen molar-refractivity contribution in [2.45, 2.75) is 44.0 Å². The lowest BCUT2D eigenvalue weighted by Crippen LogP contribution is -2.45. The van der Waals surface area contributed by atoms with Crippen LogP contribution in [0.2, 0.25) is 0 Å². The lowest BCUT2D eigenvalue weighted by molar-refractivity contribution is 0.225. The average molecular weight is 448 g/mol. The summed E-state index contributed by atoms with van der Waals surface area (Å²) in [5.41, 5.74) is 1.21. The van der Waals surface area contributed by atoms with Gasteiger partial charge in [-0.3, -0.25) is 4.72 Å². The van der Waals surface area contributed by atoms with E-state index in [0.717, 1.165) is 12.1 Å². The molecule has 8 heteroatoms. The van der Waals surface area contributed by atoms with Crippen molar-refractivity contribution in [2.24, 2.45) is 11.8 Å². The molecule has 0 aromatic heterocycles. The fourth-order valence-corrected chi connectivity index (χ4v) is 5.04. The van der Waals surface area contributed by atoms with Crippen molar-refractivity contribution in [3.05, 3.63) is 48.5 Å². The van der Waals surface area contributed by atoms with Gasteiger partial charge in [-0.05, 0) is 79.0 Å². The zero-order valence-electron chi connectivity index (χ0n) is 17.5. The molecule has 0 spiro atoms. The molecule has 0 bridgehead atoms. The third-order valence-corrected chi connectivity index (χ3v) is 7.41. The van der Waals surface area contributed by atoms with Gasteiger partial charge in [-0.1, -0.05) is 26.7 Å². The summed E-state index contributed by atoms with van der Waals surface area (Å²) in [5, 5.41) is 7.13. The molecule has 0 amide bonds. The predicted octanol–water partition coefficient (Wildman–Crippen LogP) is 4.61. The van der Waals surface area contributed by atoms with Crippen LogP contribution < -0.4 is 20.1 Å². The fourth-order valence-electron chi connectivity index (χ4n) is 3.71. The zero-order valence-corrected chi connectivity index (χ0v) is 19.1. The van der Waals surface area contributed by atoms with E-state index in [4.69, 9.17) is 17.0 Å². The van der Waals surface area contributed by atoms with Crippen molar-refractivity contribution in [1.29, 1.82) is 0 Å². The van der Waals surface area contributed by atoms with Gasteiger partial charge in [-0.25, -0.2) is 8.42 Å². The Morgan fingerprint density at radius 1 is 1.00 bits per heavy atom. The van der Waals surface area contributed by atoms with Crippen molar-refractivity contribution in [1.82, 2.24) is 5.32 Å². The van der Waals surface area contributed by atoms with Crippen LogP contribution in [0.25, 0.3) is 0 Å². The van der Waals surface area contributed by atoms with Crippen LogP contribution in [0.3, 0.4) is 0 Å². The predicted molar refractivity (Wildman–Crippen MR) is 126 cm³/mol. The van der Waals surface area contributed by atoms with Gasteiger partial charge in [0.05, 0.1) is 12.0 Å². The molecule has 6 nitrogen and oxygen atoms in total. The molecule has 1 aliphatic carbocycles. The molecule has 1 fully saturated rings. The molecule has 0 heterocycles. The molecule has 0 saturated heterocycles. The molecule has 1 saturated carbocycles. The maximum absolute atomic E-state index is 12.6. The summed E-state index contributed by atoms with van der Waals surface area (Å²) < 4.78 is 32.9. The van der Waals surface area contributed by atoms with Crippen LogP contribution in [0.5, 0.6) is 5.75 Å². The second-order valence-electron chi connectivity index (χ2n) is 7.83. The number of benzene rings is 2. The SMILES string of the molecule is COc1ccc(NS(=O)(=O)c2ccc(NC(=S)N[C@@H]3CCC[C@H](C)[C@H]3C)cc2)cc1. The van der Waals surface area contributed by atoms with E-state index in [-0.39, 0.29) is 4.90 Å².